The second kappa shape index (κ2) is 8.20. The highest BCUT2D eigenvalue weighted by Crippen LogP contribution is 2.54. The molecule has 1 aromatic rings. The van der Waals surface area contributed by atoms with E-state index in [-0.39, 0.29) is 28.4 Å². The van der Waals surface area contributed by atoms with Gasteiger partial charge >= 0.3 is 5.97 Å². The number of phenolic OH excluding ortho intramolecular Hbond substituents is 1. The number of rotatable bonds is 7. The maximum Gasteiger partial charge on any atom is 0.339 e. The average molecular weight is 373 g/mol. The molecule has 0 saturated heterocycles. The Labute approximate surface area is 162 Å². The van der Waals surface area contributed by atoms with E-state index in [1.807, 2.05) is 19.9 Å². The van der Waals surface area contributed by atoms with Crippen molar-refractivity contribution in [2.75, 3.05) is 0 Å². The Balaban J connectivity index is 2.65. The van der Waals surface area contributed by atoms with Gasteiger partial charge in [-0.05, 0) is 56.6 Å². The van der Waals surface area contributed by atoms with Gasteiger partial charge in [0.05, 0.1) is 0 Å². The Morgan fingerprint density at radius 1 is 1.33 bits per heavy atom. The molecule has 3 N–H and O–H groups in total. The first-order chi connectivity index (χ1) is 12.6. The molecule has 1 aliphatic rings. The molecule has 4 nitrogen and oxygen atoms in total. The van der Waals surface area contributed by atoms with E-state index >= 15 is 0 Å². The van der Waals surface area contributed by atoms with Crippen molar-refractivity contribution in [1.29, 1.82) is 0 Å². The molecule has 0 radical (unpaired) electrons. The molecule has 0 aromatic heterocycles. The summed E-state index contributed by atoms with van der Waals surface area (Å²) in [6, 6.07) is 1.53. The fourth-order valence-corrected chi connectivity index (χ4v) is 4.08. The number of aromatic carboxylic acids is 1. The van der Waals surface area contributed by atoms with Crippen LogP contribution in [0.4, 0.5) is 0 Å². The Morgan fingerprint density at radius 2 is 2.00 bits per heavy atom. The summed E-state index contributed by atoms with van der Waals surface area (Å²) in [4.78, 5) is 11.9. The molecule has 4 heteroatoms. The summed E-state index contributed by atoms with van der Waals surface area (Å²) in [6.45, 7) is 12.2. The second-order valence-corrected chi connectivity index (χ2v) is 8.14. The number of carboxylic acid groups (broad SMARTS) is 1. The molecule has 0 heterocycles. The maximum atomic E-state index is 11.9. The van der Waals surface area contributed by atoms with E-state index in [9.17, 15) is 20.1 Å². The van der Waals surface area contributed by atoms with Crippen LogP contribution in [0.25, 0.3) is 0 Å². The van der Waals surface area contributed by atoms with Crippen LogP contribution in [-0.2, 0) is 6.42 Å². The molecule has 1 aliphatic carbocycles. The Hall–Kier alpha value is -2.23. The van der Waals surface area contributed by atoms with Crippen molar-refractivity contribution in [3.05, 3.63) is 46.6 Å². The summed E-state index contributed by atoms with van der Waals surface area (Å²) in [7, 11) is 0. The van der Waals surface area contributed by atoms with Crippen LogP contribution in [-0.4, -0.2) is 21.3 Å². The number of aromatic hydroxyl groups is 2. The van der Waals surface area contributed by atoms with Crippen molar-refractivity contribution in [3.63, 3.8) is 0 Å². The lowest BCUT2D eigenvalue weighted by Gasteiger charge is -2.41. The summed E-state index contributed by atoms with van der Waals surface area (Å²) in [5.41, 5.74) is 2.48. The molecule has 0 aliphatic heterocycles. The second-order valence-electron chi connectivity index (χ2n) is 8.14. The molecule has 1 aromatic carbocycles. The molecule has 148 valence electrons. The largest absolute Gasteiger partial charge is 0.507 e. The average Bonchev–Trinajstić information content (AvgIpc) is 2.57. The number of phenols is 2. The predicted octanol–water partition coefficient (Wildman–Crippen LogP) is 5.93. The third-order valence-corrected chi connectivity index (χ3v) is 6.13. The van der Waals surface area contributed by atoms with Crippen molar-refractivity contribution in [3.8, 4) is 11.5 Å². The first kappa shape index (κ1) is 21.1. The van der Waals surface area contributed by atoms with Gasteiger partial charge in [0, 0.05) is 11.5 Å². The van der Waals surface area contributed by atoms with Crippen LogP contribution >= 0.6 is 0 Å². The zero-order valence-corrected chi connectivity index (χ0v) is 16.9. The zero-order chi connectivity index (χ0) is 20.4. The maximum absolute atomic E-state index is 11.9. The Morgan fingerprint density at radius 3 is 2.56 bits per heavy atom. The van der Waals surface area contributed by atoms with Gasteiger partial charge in [-0.25, -0.2) is 4.79 Å². The van der Waals surface area contributed by atoms with Crippen molar-refractivity contribution < 1.29 is 20.1 Å². The summed E-state index contributed by atoms with van der Waals surface area (Å²) >= 11 is 0. The van der Waals surface area contributed by atoms with E-state index in [1.54, 1.807) is 0 Å². The lowest BCUT2D eigenvalue weighted by molar-refractivity contribution is 0.0692. The number of hydrogen-bond donors (Lipinski definition) is 3. The summed E-state index contributed by atoms with van der Waals surface area (Å²) in [6.07, 6.45) is 7.13. The van der Waals surface area contributed by atoms with Crippen LogP contribution in [0.15, 0.2) is 29.9 Å². The molecule has 0 amide bonds. The van der Waals surface area contributed by atoms with E-state index in [0.29, 0.717) is 17.5 Å². The number of aryl methyl sites for hydroxylation is 1. The summed E-state index contributed by atoms with van der Waals surface area (Å²) < 4.78 is 0. The van der Waals surface area contributed by atoms with Crippen LogP contribution in [0.5, 0.6) is 11.5 Å². The number of hydrogen-bond acceptors (Lipinski definition) is 3. The minimum absolute atomic E-state index is 0.0348. The van der Waals surface area contributed by atoms with Crippen LogP contribution in [0.3, 0.4) is 0 Å². The minimum Gasteiger partial charge on any atom is -0.507 e. The van der Waals surface area contributed by atoms with Gasteiger partial charge in [0.25, 0.3) is 0 Å². The minimum atomic E-state index is -1.16. The van der Waals surface area contributed by atoms with E-state index in [1.165, 1.54) is 11.6 Å². The molecule has 2 rings (SSSR count). The van der Waals surface area contributed by atoms with Crippen molar-refractivity contribution in [2.24, 2.45) is 5.41 Å². The molecule has 1 unspecified atom stereocenters. The molecule has 2 atom stereocenters. The van der Waals surface area contributed by atoms with Crippen molar-refractivity contribution >= 4 is 5.97 Å². The fourth-order valence-electron chi connectivity index (χ4n) is 4.08. The van der Waals surface area contributed by atoms with E-state index in [0.717, 1.165) is 37.7 Å². The highest BCUT2D eigenvalue weighted by atomic mass is 16.4. The number of carbonyl (C=O) groups is 1. The highest BCUT2D eigenvalue weighted by molar-refractivity contribution is 5.94. The van der Waals surface area contributed by atoms with Gasteiger partial charge in [-0.1, -0.05) is 50.5 Å². The summed E-state index contributed by atoms with van der Waals surface area (Å²) in [5, 5.41) is 31.4. The summed E-state index contributed by atoms with van der Waals surface area (Å²) in [5.74, 6) is -1.81. The Kier molecular flexibility index (Phi) is 6.40. The fraction of sp³-hybridized carbons (Fsp3) is 0.522. The van der Waals surface area contributed by atoms with Gasteiger partial charge in [0.2, 0.25) is 0 Å². The molecule has 27 heavy (non-hydrogen) atoms. The first-order valence-electron chi connectivity index (χ1n) is 9.77. The third kappa shape index (κ3) is 4.05. The topological polar surface area (TPSA) is 77.8 Å². The van der Waals surface area contributed by atoms with Crippen LogP contribution < -0.4 is 0 Å². The van der Waals surface area contributed by atoms with Crippen LogP contribution in [0, 0.1) is 5.41 Å². The zero-order valence-electron chi connectivity index (χ0n) is 16.9. The monoisotopic (exact) mass is 372 g/mol. The lowest BCUT2D eigenvalue weighted by atomic mass is 9.62. The van der Waals surface area contributed by atoms with Gasteiger partial charge < -0.3 is 15.3 Å². The molecule has 0 bridgehead atoms. The standard InChI is InChI=1S/C23H32O4/c1-6-7-8-9-16-13-18(24)20(21(25)19(16)22(26)27)17-12-15(4)10-11-23(17,5)14(2)3/h12-13,17,24-25H,2,6-11H2,1,3-5H3,(H,26,27)/t17?,23-/m1/s1. The number of benzene rings is 1. The molecule has 0 saturated carbocycles. The normalized spacial score (nSPS) is 22.4. The molecule has 0 fully saturated rings. The van der Waals surface area contributed by atoms with Crippen molar-refractivity contribution in [1.82, 2.24) is 0 Å². The van der Waals surface area contributed by atoms with E-state index in [4.69, 9.17) is 0 Å². The van der Waals surface area contributed by atoms with Gasteiger partial charge in [-0.15, -0.1) is 0 Å². The van der Waals surface area contributed by atoms with Gasteiger partial charge in [-0.3, -0.25) is 0 Å². The van der Waals surface area contributed by atoms with Gasteiger partial charge in [0.1, 0.15) is 17.1 Å². The highest BCUT2D eigenvalue weighted by Gasteiger charge is 2.41. The lowest BCUT2D eigenvalue weighted by Crippen LogP contribution is -2.29. The quantitative estimate of drug-likeness (QED) is 0.409. The predicted molar refractivity (Wildman–Crippen MR) is 109 cm³/mol. The Bertz CT molecular complexity index is 775. The van der Waals surface area contributed by atoms with Gasteiger partial charge in [0.15, 0.2) is 0 Å². The number of allylic oxidation sites excluding steroid dienone is 3. The molecule has 0 spiro atoms. The van der Waals surface area contributed by atoms with Gasteiger partial charge in [-0.2, -0.15) is 0 Å². The number of carboxylic acids is 1. The SMILES string of the molecule is C=C(C)[C@@]1(C)CCC(C)=CC1c1c(O)cc(CCCCC)c(C(=O)O)c1O. The molecular formula is C23H32O4. The third-order valence-electron chi connectivity index (χ3n) is 6.13. The smallest absolute Gasteiger partial charge is 0.339 e. The first-order valence-corrected chi connectivity index (χ1v) is 9.77. The van der Waals surface area contributed by atoms with Crippen LogP contribution in [0.1, 0.15) is 87.2 Å². The van der Waals surface area contributed by atoms with Crippen molar-refractivity contribution in [2.45, 2.75) is 72.1 Å². The van der Waals surface area contributed by atoms with Crippen LogP contribution in [0.2, 0.25) is 0 Å². The number of unbranched alkanes of at least 4 members (excludes halogenated alkanes) is 2. The van der Waals surface area contributed by atoms with E-state index < -0.39 is 5.97 Å². The van der Waals surface area contributed by atoms with E-state index in [2.05, 4.69) is 20.4 Å². The molecular weight excluding hydrogens is 340 g/mol.